The van der Waals surface area contributed by atoms with Crippen molar-refractivity contribution in [2.24, 2.45) is 4.99 Å². The van der Waals surface area contributed by atoms with Crippen LogP contribution in [-0.2, 0) is 6.42 Å². The molecule has 1 heterocycles. The zero-order chi connectivity index (χ0) is 16.2. The molecule has 3 rings (SSSR count). The molecule has 0 amide bonds. The standard InChI is InChI=1S/C19H25N3S.HI/c1-13(11-16-10-9-14(2)23-16)21-19(20-3)22-18-12-17(18)15-7-5-4-6-8-15;/h4-10,13,17-18H,11-12H2,1-3H3,(H2,20,21,22);1H. The molecule has 1 aliphatic rings. The van der Waals surface area contributed by atoms with E-state index in [9.17, 15) is 0 Å². The molecule has 0 radical (unpaired) electrons. The molecule has 0 bridgehead atoms. The monoisotopic (exact) mass is 455 g/mol. The Hall–Kier alpha value is -1.08. The zero-order valence-corrected chi connectivity index (χ0v) is 17.6. The highest BCUT2D eigenvalue weighted by Gasteiger charge is 2.38. The van der Waals surface area contributed by atoms with E-state index < -0.39 is 0 Å². The van der Waals surface area contributed by atoms with E-state index in [0.717, 1.165) is 12.4 Å². The van der Waals surface area contributed by atoms with Crippen molar-refractivity contribution in [2.45, 2.75) is 44.7 Å². The normalized spacial score (nSPS) is 20.9. The molecule has 3 nitrogen and oxygen atoms in total. The van der Waals surface area contributed by atoms with Crippen molar-refractivity contribution in [3.05, 3.63) is 57.8 Å². The van der Waals surface area contributed by atoms with E-state index in [1.54, 1.807) is 0 Å². The molecular formula is C19H26IN3S. The van der Waals surface area contributed by atoms with E-state index in [-0.39, 0.29) is 24.0 Å². The molecule has 1 aliphatic carbocycles. The molecule has 0 saturated heterocycles. The van der Waals surface area contributed by atoms with Crippen LogP contribution in [0.15, 0.2) is 47.5 Å². The van der Waals surface area contributed by atoms with Crippen LogP contribution in [0.3, 0.4) is 0 Å². The third kappa shape index (κ3) is 5.21. The Kier molecular flexibility index (Phi) is 7.10. The van der Waals surface area contributed by atoms with Gasteiger partial charge in [0, 0.05) is 41.2 Å². The summed E-state index contributed by atoms with van der Waals surface area (Å²) in [6.07, 6.45) is 2.22. The second kappa shape index (κ2) is 8.85. The van der Waals surface area contributed by atoms with E-state index in [2.05, 4.69) is 71.9 Å². The Morgan fingerprint density at radius 3 is 2.62 bits per heavy atom. The lowest BCUT2D eigenvalue weighted by atomic mass is 10.1. The topological polar surface area (TPSA) is 36.4 Å². The van der Waals surface area contributed by atoms with Crippen LogP contribution >= 0.6 is 35.3 Å². The van der Waals surface area contributed by atoms with Crippen LogP contribution in [-0.4, -0.2) is 25.1 Å². The Balaban J connectivity index is 0.00000208. The van der Waals surface area contributed by atoms with Crippen LogP contribution in [0.25, 0.3) is 0 Å². The molecular weight excluding hydrogens is 429 g/mol. The molecule has 1 aromatic carbocycles. The van der Waals surface area contributed by atoms with Crippen molar-refractivity contribution in [1.82, 2.24) is 10.6 Å². The van der Waals surface area contributed by atoms with Crippen LogP contribution in [0, 0.1) is 6.92 Å². The average molecular weight is 455 g/mol. The largest absolute Gasteiger partial charge is 0.354 e. The van der Waals surface area contributed by atoms with Gasteiger partial charge < -0.3 is 10.6 Å². The van der Waals surface area contributed by atoms with Crippen LogP contribution in [0.4, 0.5) is 0 Å². The first-order valence-electron chi connectivity index (χ1n) is 8.26. The van der Waals surface area contributed by atoms with Crippen molar-refractivity contribution in [3.63, 3.8) is 0 Å². The number of rotatable bonds is 5. The molecule has 1 aromatic heterocycles. The van der Waals surface area contributed by atoms with Gasteiger partial charge in [0.1, 0.15) is 0 Å². The SMILES string of the molecule is CN=C(NC(C)Cc1ccc(C)s1)NC1CC1c1ccccc1.I. The number of guanidine groups is 1. The van der Waals surface area contributed by atoms with Crippen LogP contribution in [0.1, 0.15) is 34.6 Å². The van der Waals surface area contributed by atoms with E-state index in [1.807, 2.05) is 18.4 Å². The maximum Gasteiger partial charge on any atom is 0.191 e. The molecule has 2 aromatic rings. The molecule has 5 heteroatoms. The van der Waals surface area contributed by atoms with Crippen LogP contribution in [0.5, 0.6) is 0 Å². The van der Waals surface area contributed by atoms with Gasteiger partial charge in [-0.2, -0.15) is 0 Å². The van der Waals surface area contributed by atoms with Crippen molar-refractivity contribution in [2.75, 3.05) is 7.05 Å². The molecule has 2 N–H and O–H groups in total. The minimum Gasteiger partial charge on any atom is -0.354 e. The number of hydrogen-bond acceptors (Lipinski definition) is 2. The second-order valence-electron chi connectivity index (χ2n) is 6.34. The van der Waals surface area contributed by atoms with Gasteiger partial charge >= 0.3 is 0 Å². The summed E-state index contributed by atoms with van der Waals surface area (Å²) in [5.74, 6) is 1.53. The lowest BCUT2D eigenvalue weighted by Crippen LogP contribution is -2.44. The second-order valence-corrected chi connectivity index (χ2v) is 7.71. The fourth-order valence-electron chi connectivity index (χ4n) is 2.95. The van der Waals surface area contributed by atoms with Crippen molar-refractivity contribution in [1.29, 1.82) is 0 Å². The van der Waals surface area contributed by atoms with Gasteiger partial charge in [-0.05, 0) is 38.0 Å². The molecule has 0 aliphatic heterocycles. The number of nitrogens with zero attached hydrogens (tertiary/aromatic N) is 1. The van der Waals surface area contributed by atoms with Gasteiger partial charge in [-0.25, -0.2) is 0 Å². The predicted octanol–water partition coefficient (Wildman–Crippen LogP) is 4.33. The number of benzene rings is 1. The summed E-state index contributed by atoms with van der Waals surface area (Å²) in [4.78, 5) is 7.18. The summed E-state index contributed by atoms with van der Waals surface area (Å²) in [6.45, 7) is 4.37. The van der Waals surface area contributed by atoms with E-state index >= 15 is 0 Å². The summed E-state index contributed by atoms with van der Waals surface area (Å²) < 4.78 is 0. The number of aliphatic imine (C=N–C) groups is 1. The summed E-state index contributed by atoms with van der Waals surface area (Å²) in [5, 5.41) is 7.07. The minimum atomic E-state index is 0. The lowest BCUT2D eigenvalue weighted by molar-refractivity contribution is 0.642. The highest BCUT2D eigenvalue weighted by Crippen LogP contribution is 2.40. The first-order chi connectivity index (χ1) is 11.2. The van der Waals surface area contributed by atoms with Gasteiger partial charge in [-0.15, -0.1) is 35.3 Å². The number of aryl methyl sites for hydroxylation is 1. The third-order valence-electron chi connectivity index (χ3n) is 4.25. The van der Waals surface area contributed by atoms with Gasteiger partial charge in [0.2, 0.25) is 0 Å². The quantitative estimate of drug-likeness (QED) is 0.400. The first-order valence-corrected chi connectivity index (χ1v) is 9.07. The number of hydrogen-bond donors (Lipinski definition) is 2. The van der Waals surface area contributed by atoms with E-state index in [0.29, 0.717) is 18.0 Å². The lowest BCUT2D eigenvalue weighted by Gasteiger charge is -2.17. The summed E-state index contributed by atoms with van der Waals surface area (Å²) in [5.41, 5.74) is 1.42. The molecule has 1 fully saturated rings. The molecule has 3 atom stereocenters. The summed E-state index contributed by atoms with van der Waals surface area (Å²) in [6, 6.07) is 16.0. The molecule has 130 valence electrons. The van der Waals surface area contributed by atoms with Gasteiger partial charge in [-0.1, -0.05) is 30.3 Å². The van der Waals surface area contributed by atoms with E-state index in [4.69, 9.17) is 0 Å². The van der Waals surface area contributed by atoms with Gasteiger partial charge in [0.25, 0.3) is 0 Å². The van der Waals surface area contributed by atoms with Crippen LogP contribution in [0.2, 0.25) is 0 Å². The number of halogens is 1. The molecule has 1 saturated carbocycles. The predicted molar refractivity (Wildman–Crippen MR) is 115 cm³/mol. The first kappa shape index (κ1) is 19.2. The highest BCUT2D eigenvalue weighted by molar-refractivity contribution is 14.0. The van der Waals surface area contributed by atoms with Gasteiger partial charge in [-0.3, -0.25) is 4.99 Å². The zero-order valence-electron chi connectivity index (χ0n) is 14.5. The fourth-order valence-corrected chi connectivity index (χ4v) is 3.97. The van der Waals surface area contributed by atoms with Crippen LogP contribution < -0.4 is 10.6 Å². The maximum absolute atomic E-state index is 4.38. The minimum absolute atomic E-state index is 0. The Bertz CT molecular complexity index is 668. The summed E-state index contributed by atoms with van der Waals surface area (Å²) >= 11 is 1.87. The van der Waals surface area contributed by atoms with Crippen molar-refractivity contribution < 1.29 is 0 Å². The van der Waals surface area contributed by atoms with Crippen molar-refractivity contribution in [3.8, 4) is 0 Å². The third-order valence-corrected chi connectivity index (χ3v) is 5.27. The Morgan fingerprint density at radius 1 is 1.25 bits per heavy atom. The van der Waals surface area contributed by atoms with E-state index in [1.165, 1.54) is 21.7 Å². The van der Waals surface area contributed by atoms with Crippen molar-refractivity contribution >= 4 is 41.3 Å². The molecule has 0 spiro atoms. The van der Waals surface area contributed by atoms with Gasteiger partial charge in [0.15, 0.2) is 5.96 Å². The highest BCUT2D eigenvalue weighted by atomic mass is 127. The van der Waals surface area contributed by atoms with Gasteiger partial charge in [0.05, 0.1) is 0 Å². The smallest absolute Gasteiger partial charge is 0.191 e. The number of nitrogens with one attached hydrogen (secondary N) is 2. The Labute approximate surface area is 166 Å². The fraction of sp³-hybridized carbons (Fsp3) is 0.421. The Morgan fingerprint density at radius 2 is 2.00 bits per heavy atom. The molecule has 24 heavy (non-hydrogen) atoms. The average Bonchev–Trinajstić information content (AvgIpc) is 3.21. The summed E-state index contributed by atoms with van der Waals surface area (Å²) in [7, 11) is 1.84. The number of thiophene rings is 1. The maximum atomic E-state index is 4.38. The molecule has 3 unspecified atom stereocenters.